The van der Waals surface area contributed by atoms with Crippen molar-refractivity contribution in [3.05, 3.63) is 65.6 Å². The maximum Gasteiger partial charge on any atom is 0.123 e. The maximum absolute atomic E-state index is 13.0. The van der Waals surface area contributed by atoms with Gasteiger partial charge in [0.15, 0.2) is 0 Å². The zero-order valence-corrected chi connectivity index (χ0v) is 9.50. The van der Waals surface area contributed by atoms with Gasteiger partial charge in [0.25, 0.3) is 0 Å². The molecule has 2 rings (SSSR count). The fourth-order valence-electron chi connectivity index (χ4n) is 1.81. The Morgan fingerprint density at radius 2 is 2.06 bits per heavy atom. The van der Waals surface area contributed by atoms with Crippen LogP contribution in [0, 0.1) is 12.7 Å². The second-order valence-corrected chi connectivity index (χ2v) is 3.92. The van der Waals surface area contributed by atoms with Gasteiger partial charge in [0.1, 0.15) is 5.82 Å². The van der Waals surface area contributed by atoms with Crippen molar-refractivity contribution in [1.29, 1.82) is 0 Å². The van der Waals surface area contributed by atoms with Gasteiger partial charge in [0, 0.05) is 24.0 Å². The third-order valence-electron chi connectivity index (χ3n) is 2.80. The van der Waals surface area contributed by atoms with Crippen molar-refractivity contribution in [2.75, 3.05) is 7.05 Å². The summed E-state index contributed by atoms with van der Waals surface area (Å²) in [6.07, 6.45) is 5.91. The highest BCUT2D eigenvalue weighted by Crippen LogP contribution is 2.27. The molecule has 2 heteroatoms. The van der Waals surface area contributed by atoms with Gasteiger partial charge in [-0.25, -0.2) is 4.39 Å². The van der Waals surface area contributed by atoms with Crippen LogP contribution in [0.1, 0.15) is 11.1 Å². The number of allylic oxidation sites excluding steroid dienone is 3. The number of benzene rings is 1. The van der Waals surface area contributed by atoms with Crippen molar-refractivity contribution in [2.45, 2.75) is 6.92 Å². The predicted molar refractivity (Wildman–Crippen MR) is 65.2 cm³/mol. The molecule has 0 aliphatic carbocycles. The second kappa shape index (κ2) is 3.97. The van der Waals surface area contributed by atoms with E-state index in [0.29, 0.717) is 0 Å². The van der Waals surface area contributed by atoms with Crippen molar-refractivity contribution >= 4 is 5.70 Å². The van der Waals surface area contributed by atoms with Crippen molar-refractivity contribution in [2.24, 2.45) is 0 Å². The van der Waals surface area contributed by atoms with Gasteiger partial charge >= 0.3 is 0 Å². The molecule has 0 bridgehead atoms. The fraction of sp³-hybridized carbons (Fsp3) is 0.143. The summed E-state index contributed by atoms with van der Waals surface area (Å²) >= 11 is 0. The Balaban J connectivity index is 2.48. The van der Waals surface area contributed by atoms with Gasteiger partial charge in [0.2, 0.25) is 0 Å². The highest BCUT2D eigenvalue weighted by Gasteiger charge is 2.13. The molecule has 1 aromatic rings. The van der Waals surface area contributed by atoms with Crippen LogP contribution in [-0.2, 0) is 0 Å². The molecule has 82 valence electrons. The molecule has 0 fully saturated rings. The lowest BCUT2D eigenvalue weighted by atomic mass is 10.0. The SMILES string of the molecule is C=C1C=CC=C(c2ccc(F)cc2C)N1C. The van der Waals surface area contributed by atoms with E-state index in [1.165, 1.54) is 6.07 Å². The van der Waals surface area contributed by atoms with Crippen LogP contribution in [0.25, 0.3) is 5.70 Å². The molecule has 0 aromatic heterocycles. The first-order valence-corrected chi connectivity index (χ1v) is 5.17. The second-order valence-electron chi connectivity index (χ2n) is 3.92. The summed E-state index contributed by atoms with van der Waals surface area (Å²) in [4.78, 5) is 2.00. The Bertz CT molecular complexity index is 497. The number of hydrogen-bond acceptors (Lipinski definition) is 1. The Morgan fingerprint density at radius 3 is 2.75 bits per heavy atom. The number of likely N-dealkylation sites (N-methyl/N-ethyl adjacent to an activating group) is 1. The van der Waals surface area contributed by atoms with E-state index in [-0.39, 0.29) is 5.82 Å². The van der Waals surface area contributed by atoms with Crippen LogP contribution in [0.5, 0.6) is 0 Å². The van der Waals surface area contributed by atoms with Gasteiger partial charge in [-0.3, -0.25) is 0 Å². The first-order chi connectivity index (χ1) is 7.59. The lowest BCUT2D eigenvalue weighted by Gasteiger charge is -2.26. The Hall–Kier alpha value is -1.83. The zero-order chi connectivity index (χ0) is 11.7. The molecule has 1 heterocycles. The summed E-state index contributed by atoms with van der Waals surface area (Å²) in [5, 5.41) is 0. The average Bonchev–Trinajstić information content (AvgIpc) is 2.23. The molecule has 1 aliphatic heterocycles. The van der Waals surface area contributed by atoms with Gasteiger partial charge < -0.3 is 4.90 Å². The molecule has 0 atom stereocenters. The lowest BCUT2D eigenvalue weighted by molar-refractivity contribution is 0.610. The first-order valence-electron chi connectivity index (χ1n) is 5.17. The third-order valence-corrected chi connectivity index (χ3v) is 2.80. The molecule has 0 unspecified atom stereocenters. The molecule has 0 saturated heterocycles. The summed E-state index contributed by atoms with van der Waals surface area (Å²) in [6.45, 7) is 5.85. The van der Waals surface area contributed by atoms with Crippen LogP contribution in [0.15, 0.2) is 48.7 Å². The van der Waals surface area contributed by atoms with Crippen LogP contribution in [0.2, 0.25) is 0 Å². The fourth-order valence-corrected chi connectivity index (χ4v) is 1.81. The van der Waals surface area contributed by atoms with Crippen molar-refractivity contribution in [3.63, 3.8) is 0 Å². The summed E-state index contributed by atoms with van der Waals surface area (Å²) in [7, 11) is 1.96. The molecular weight excluding hydrogens is 201 g/mol. The van der Waals surface area contributed by atoms with E-state index < -0.39 is 0 Å². The number of halogens is 1. The van der Waals surface area contributed by atoms with E-state index in [2.05, 4.69) is 6.58 Å². The van der Waals surface area contributed by atoms with E-state index in [9.17, 15) is 4.39 Å². The number of aryl methyl sites for hydroxylation is 1. The zero-order valence-electron chi connectivity index (χ0n) is 9.50. The van der Waals surface area contributed by atoms with Crippen LogP contribution in [-0.4, -0.2) is 11.9 Å². The average molecular weight is 215 g/mol. The maximum atomic E-state index is 13.0. The van der Waals surface area contributed by atoms with Crippen molar-refractivity contribution in [1.82, 2.24) is 4.90 Å². The molecule has 1 nitrogen and oxygen atoms in total. The molecule has 16 heavy (non-hydrogen) atoms. The highest BCUT2D eigenvalue weighted by atomic mass is 19.1. The van der Waals surface area contributed by atoms with E-state index in [0.717, 1.165) is 22.5 Å². The molecule has 1 aromatic carbocycles. The molecule has 1 aliphatic rings. The van der Waals surface area contributed by atoms with Crippen molar-refractivity contribution < 1.29 is 4.39 Å². The molecule has 0 spiro atoms. The van der Waals surface area contributed by atoms with E-state index in [1.807, 2.05) is 37.1 Å². The number of rotatable bonds is 1. The largest absolute Gasteiger partial charge is 0.345 e. The van der Waals surface area contributed by atoms with Crippen LogP contribution in [0.3, 0.4) is 0 Å². The third kappa shape index (κ3) is 1.78. The predicted octanol–water partition coefficient (Wildman–Crippen LogP) is 3.49. The van der Waals surface area contributed by atoms with E-state index in [4.69, 9.17) is 0 Å². The lowest BCUT2D eigenvalue weighted by Crippen LogP contribution is -2.16. The molecule has 0 amide bonds. The Morgan fingerprint density at radius 1 is 1.31 bits per heavy atom. The summed E-state index contributed by atoms with van der Waals surface area (Å²) in [5.41, 5.74) is 3.95. The number of nitrogens with zero attached hydrogens (tertiary/aromatic N) is 1. The molecule has 0 radical (unpaired) electrons. The topological polar surface area (TPSA) is 3.24 Å². The molecule has 0 N–H and O–H groups in total. The smallest absolute Gasteiger partial charge is 0.123 e. The summed E-state index contributed by atoms with van der Waals surface area (Å²) in [6, 6.07) is 4.84. The van der Waals surface area contributed by atoms with E-state index >= 15 is 0 Å². The summed E-state index contributed by atoms with van der Waals surface area (Å²) in [5.74, 6) is -0.199. The standard InChI is InChI=1S/C14H14FN/c1-10-9-12(15)7-8-13(10)14-6-4-5-11(2)16(14)3/h4-9H,2H2,1,3H3. The molecular formula is C14H14FN. The van der Waals surface area contributed by atoms with Crippen LogP contribution < -0.4 is 0 Å². The first kappa shape index (κ1) is 10.7. The highest BCUT2D eigenvalue weighted by molar-refractivity contribution is 5.71. The van der Waals surface area contributed by atoms with Gasteiger partial charge in [-0.15, -0.1) is 0 Å². The molecule has 0 saturated carbocycles. The van der Waals surface area contributed by atoms with Gasteiger partial charge in [-0.05, 0) is 42.8 Å². The van der Waals surface area contributed by atoms with Gasteiger partial charge in [-0.1, -0.05) is 12.7 Å². The van der Waals surface area contributed by atoms with Crippen LogP contribution in [0.4, 0.5) is 4.39 Å². The van der Waals surface area contributed by atoms with Crippen molar-refractivity contribution in [3.8, 4) is 0 Å². The minimum Gasteiger partial charge on any atom is -0.345 e. The number of hydrogen-bond donors (Lipinski definition) is 0. The van der Waals surface area contributed by atoms with Gasteiger partial charge in [-0.2, -0.15) is 0 Å². The normalized spacial score (nSPS) is 15.3. The monoisotopic (exact) mass is 215 g/mol. The minimum absolute atomic E-state index is 0.199. The summed E-state index contributed by atoms with van der Waals surface area (Å²) < 4.78 is 13.0. The quantitative estimate of drug-likeness (QED) is 0.693. The van der Waals surface area contributed by atoms with Crippen LogP contribution >= 0.6 is 0 Å². The van der Waals surface area contributed by atoms with E-state index in [1.54, 1.807) is 12.1 Å². The van der Waals surface area contributed by atoms with Gasteiger partial charge in [0.05, 0.1) is 0 Å². The Labute approximate surface area is 95.2 Å². The Kier molecular flexibility index (Phi) is 2.65. The minimum atomic E-state index is -0.199.